The van der Waals surface area contributed by atoms with Gasteiger partial charge in [0.15, 0.2) is 0 Å². The van der Waals surface area contributed by atoms with Gasteiger partial charge in [-0.25, -0.2) is 0 Å². The van der Waals surface area contributed by atoms with Gasteiger partial charge in [-0.05, 0) is 18.4 Å². The number of aryl methyl sites for hydroxylation is 1. The Morgan fingerprint density at radius 3 is 2.59 bits per heavy atom. The number of rotatable bonds is 7. The van der Waals surface area contributed by atoms with Crippen LogP contribution in [0.4, 0.5) is 0 Å². The second-order valence-electron chi connectivity index (χ2n) is 4.10. The zero-order valence-corrected chi connectivity index (χ0v) is 9.87. The molecule has 4 heteroatoms. The Balaban J connectivity index is 2.50. The SMILES string of the molecule is CN(C=O)CC(CCc1ccccc1)C(=O)O. The lowest BCUT2D eigenvalue weighted by Gasteiger charge is -2.17. The highest BCUT2D eigenvalue weighted by molar-refractivity contribution is 5.70. The summed E-state index contributed by atoms with van der Waals surface area (Å²) >= 11 is 0. The van der Waals surface area contributed by atoms with Gasteiger partial charge in [0.1, 0.15) is 0 Å². The third-order valence-electron chi connectivity index (χ3n) is 2.66. The van der Waals surface area contributed by atoms with Gasteiger partial charge in [0.25, 0.3) is 0 Å². The van der Waals surface area contributed by atoms with E-state index in [9.17, 15) is 9.59 Å². The second kappa shape index (κ2) is 6.68. The molecule has 1 aromatic carbocycles. The Bertz CT molecular complexity index is 364. The summed E-state index contributed by atoms with van der Waals surface area (Å²) < 4.78 is 0. The largest absolute Gasteiger partial charge is 0.481 e. The average Bonchev–Trinajstić information content (AvgIpc) is 2.35. The molecule has 0 saturated heterocycles. The molecule has 4 nitrogen and oxygen atoms in total. The molecule has 92 valence electrons. The third kappa shape index (κ3) is 4.68. The molecule has 0 radical (unpaired) electrons. The molecule has 0 aliphatic heterocycles. The van der Waals surface area contributed by atoms with Crippen LogP contribution in [0.5, 0.6) is 0 Å². The minimum atomic E-state index is -0.852. The molecule has 0 bridgehead atoms. The van der Waals surface area contributed by atoms with E-state index in [4.69, 9.17) is 5.11 Å². The maximum atomic E-state index is 11.0. The number of hydrogen-bond donors (Lipinski definition) is 1. The lowest BCUT2D eigenvalue weighted by molar-refractivity contribution is -0.142. The Labute approximate surface area is 101 Å². The van der Waals surface area contributed by atoms with Crippen molar-refractivity contribution in [1.82, 2.24) is 4.90 Å². The number of carbonyl (C=O) groups excluding carboxylic acids is 1. The molecule has 1 amide bonds. The molecule has 0 saturated carbocycles. The lowest BCUT2D eigenvalue weighted by atomic mass is 9.99. The summed E-state index contributed by atoms with van der Waals surface area (Å²) in [6, 6.07) is 9.74. The highest BCUT2D eigenvalue weighted by Gasteiger charge is 2.18. The molecule has 0 fully saturated rings. The van der Waals surface area contributed by atoms with Gasteiger partial charge in [-0.2, -0.15) is 0 Å². The first kappa shape index (κ1) is 13.2. The maximum Gasteiger partial charge on any atom is 0.308 e. The molecule has 1 atom stereocenters. The van der Waals surface area contributed by atoms with Crippen molar-refractivity contribution in [2.45, 2.75) is 12.8 Å². The lowest BCUT2D eigenvalue weighted by Crippen LogP contribution is -2.29. The van der Waals surface area contributed by atoms with Crippen molar-refractivity contribution in [3.8, 4) is 0 Å². The van der Waals surface area contributed by atoms with Gasteiger partial charge in [0.2, 0.25) is 6.41 Å². The van der Waals surface area contributed by atoms with Crippen LogP contribution in [0.2, 0.25) is 0 Å². The highest BCUT2D eigenvalue weighted by Crippen LogP contribution is 2.11. The quantitative estimate of drug-likeness (QED) is 0.727. The Morgan fingerprint density at radius 1 is 1.41 bits per heavy atom. The molecule has 1 N–H and O–H groups in total. The topological polar surface area (TPSA) is 57.6 Å². The van der Waals surface area contributed by atoms with E-state index in [2.05, 4.69) is 0 Å². The predicted octanol–water partition coefficient (Wildman–Crippen LogP) is 1.41. The van der Waals surface area contributed by atoms with E-state index in [0.717, 1.165) is 5.56 Å². The fourth-order valence-electron chi connectivity index (χ4n) is 1.67. The number of hydrogen-bond acceptors (Lipinski definition) is 2. The van der Waals surface area contributed by atoms with Crippen LogP contribution in [0.25, 0.3) is 0 Å². The number of amides is 1. The molecule has 1 aromatic rings. The standard InChI is InChI=1S/C13H17NO3/c1-14(10-15)9-12(13(16)17)8-7-11-5-3-2-4-6-11/h2-6,10,12H,7-9H2,1H3,(H,16,17). The summed E-state index contributed by atoms with van der Waals surface area (Å²) in [5, 5.41) is 9.05. The smallest absolute Gasteiger partial charge is 0.308 e. The molecule has 0 spiro atoms. The molecule has 0 aromatic heterocycles. The molecule has 1 unspecified atom stereocenters. The fraction of sp³-hybridized carbons (Fsp3) is 0.385. The molecule has 17 heavy (non-hydrogen) atoms. The minimum Gasteiger partial charge on any atom is -0.481 e. The van der Waals surface area contributed by atoms with Gasteiger partial charge in [-0.1, -0.05) is 30.3 Å². The fourth-order valence-corrected chi connectivity index (χ4v) is 1.67. The Morgan fingerprint density at radius 2 is 2.06 bits per heavy atom. The van der Waals surface area contributed by atoms with Crippen LogP contribution in [0.15, 0.2) is 30.3 Å². The number of carboxylic acid groups (broad SMARTS) is 1. The van der Waals surface area contributed by atoms with Crippen molar-refractivity contribution in [2.75, 3.05) is 13.6 Å². The summed E-state index contributed by atoms with van der Waals surface area (Å²) in [6.45, 7) is 0.256. The van der Waals surface area contributed by atoms with Crippen LogP contribution in [-0.2, 0) is 16.0 Å². The maximum absolute atomic E-state index is 11.0. The van der Waals surface area contributed by atoms with Crippen LogP contribution >= 0.6 is 0 Å². The van der Waals surface area contributed by atoms with E-state index in [0.29, 0.717) is 19.3 Å². The van der Waals surface area contributed by atoms with Crippen molar-refractivity contribution >= 4 is 12.4 Å². The monoisotopic (exact) mass is 235 g/mol. The first-order chi connectivity index (χ1) is 8.13. The van der Waals surface area contributed by atoms with E-state index in [1.165, 1.54) is 4.90 Å². The molecule has 0 aliphatic rings. The zero-order valence-electron chi connectivity index (χ0n) is 9.87. The first-order valence-corrected chi connectivity index (χ1v) is 5.55. The van der Waals surface area contributed by atoms with Gasteiger partial charge >= 0.3 is 5.97 Å². The van der Waals surface area contributed by atoms with Crippen molar-refractivity contribution in [2.24, 2.45) is 5.92 Å². The van der Waals surface area contributed by atoms with Gasteiger partial charge in [-0.3, -0.25) is 9.59 Å². The number of benzene rings is 1. The number of carbonyl (C=O) groups is 2. The summed E-state index contributed by atoms with van der Waals surface area (Å²) in [5.74, 6) is -1.36. The molecule has 1 rings (SSSR count). The minimum absolute atomic E-state index is 0.256. The van der Waals surface area contributed by atoms with Crippen LogP contribution in [0.1, 0.15) is 12.0 Å². The molecular formula is C13H17NO3. The van der Waals surface area contributed by atoms with Crippen LogP contribution in [0, 0.1) is 5.92 Å². The van der Waals surface area contributed by atoms with Gasteiger partial charge in [0.05, 0.1) is 5.92 Å². The predicted molar refractivity (Wildman–Crippen MR) is 64.6 cm³/mol. The van der Waals surface area contributed by atoms with E-state index >= 15 is 0 Å². The van der Waals surface area contributed by atoms with Gasteiger partial charge in [0, 0.05) is 13.6 Å². The van der Waals surface area contributed by atoms with Gasteiger partial charge in [-0.15, -0.1) is 0 Å². The average molecular weight is 235 g/mol. The van der Waals surface area contributed by atoms with Crippen LogP contribution in [0.3, 0.4) is 0 Å². The second-order valence-corrected chi connectivity index (χ2v) is 4.10. The summed E-state index contributed by atoms with van der Waals surface area (Å²) in [7, 11) is 1.59. The molecule has 0 heterocycles. The number of carboxylic acids is 1. The van der Waals surface area contributed by atoms with Crippen molar-refractivity contribution in [3.63, 3.8) is 0 Å². The highest BCUT2D eigenvalue weighted by atomic mass is 16.4. The van der Waals surface area contributed by atoms with E-state index in [-0.39, 0.29) is 6.54 Å². The van der Waals surface area contributed by atoms with E-state index < -0.39 is 11.9 Å². The zero-order chi connectivity index (χ0) is 12.7. The molecule has 0 aliphatic carbocycles. The van der Waals surface area contributed by atoms with E-state index in [1.807, 2.05) is 30.3 Å². The Hall–Kier alpha value is -1.84. The molecular weight excluding hydrogens is 218 g/mol. The number of nitrogens with zero attached hydrogens (tertiary/aromatic N) is 1. The first-order valence-electron chi connectivity index (χ1n) is 5.55. The van der Waals surface area contributed by atoms with Crippen molar-refractivity contribution in [3.05, 3.63) is 35.9 Å². The van der Waals surface area contributed by atoms with Gasteiger partial charge < -0.3 is 10.0 Å². The van der Waals surface area contributed by atoms with Crippen LogP contribution in [-0.4, -0.2) is 36.0 Å². The van der Waals surface area contributed by atoms with Crippen molar-refractivity contribution < 1.29 is 14.7 Å². The van der Waals surface area contributed by atoms with Crippen molar-refractivity contribution in [1.29, 1.82) is 0 Å². The number of aliphatic carboxylic acids is 1. The Kier molecular flexibility index (Phi) is 5.20. The van der Waals surface area contributed by atoms with Crippen LogP contribution < -0.4 is 0 Å². The third-order valence-corrected chi connectivity index (χ3v) is 2.66. The summed E-state index contributed by atoms with van der Waals surface area (Å²) in [6.07, 6.45) is 1.90. The summed E-state index contributed by atoms with van der Waals surface area (Å²) in [4.78, 5) is 22.9. The normalized spacial score (nSPS) is 11.8. The summed E-state index contributed by atoms with van der Waals surface area (Å²) in [5.41, 5.74) is 1.12. The van der Waals surface area contributed by atoms with E-state index in [1.54, 1.807) is 7.05 Å².